The third kappa shape index (κ3) is 5.43. The molecular formula is C51H31N3O. The van der Waals surface area contributed by atoms with Crippen molar-refractivity contribution in [3.8, 4) is 56.4 Å². The Balaban J connectivity index is 1.11. The number of rotatable bonds is 5. The standard InChI is InChI=1S/C51H31N3O/c1-3-11-32(12-4-1)35-23-21-33-22-25-37(28-39(33)27-35)49-52-50(38-26-24-36-31-48-46(30-40(36)29-38)44-15-7-8-20-47(44)55-48)54-51(53-49)45-19-10-17-42-41(16-9-18-43(42)45)34-13-5-2-6-14-34/h1-31H. The van der Waals surface area contributed by atoms with Gasteiger partial charge in [0.1, 0.15) is 11.2 Å². The molecule has 2 aromatic heterocycles. The normalized spacial score (nSPS) is 11.6. The number of aromatic nitrogens is 3. The molecule has 0 bridgehead atoms. The Morgan fingerprint density at radius 1 is 0.273 bits per heavy atom. The zero-order valence-corrected chi connectivity index (χ0v) is 29.6. The number of furan rings is 1. The maximum Gasteiger partial charge on any atom is 0.164 e. The smallest absolute Gasteiger partial charge is 0.164 e. The molecule has 256 valence electrons. The van der Waals surface area contributed by atoms with Gasteiger partial charge >= 0.3 is 0 Å². The molecule has 0 aliphatic carbocycles. The molecule has 0 aliphatic heterocycles. The lowest BCUT2D eigenvalue weighted by Gasteiger charge is -2.13. The molecule has 2 heterocycles. The fraction of sp³-hybridized carbons (Fsp3) is 0. The number of hydrogen-bond donors (Lipinski definition) is 0. The van der Waals surface area contributed by atoms with Gasteiger partial charge in [-0.25, -0.2) is 15.0 Å². The second-order valence-electron chi connectivity index (χ2n) is 14.0. The highest BCUT2D eigenvalue weighted by Crippen LogP contribution is 2.37. The van der Waals surface area contributed by atoms with Crippen LogP contribution >= 0.6 is 0 Å². The summed E-state index contributed by atoms with van der Waals surface area (Å²) in [6, 6.07) is 65.9. The predicted molar refractivity (Wildman–Crippen MR) is 227 cm³/mol. The summed E-state index contributed by atoms with van der Waals surface area (Å²) in [5.74, 6) is 1.87. The van der Waals surface area contributed by atoms with Crippen molar-refractivity contribution in [2.45, 2.75) is 0 Å². The quantitative estimate of drug-likeness (QED) is 0.179. The highest BCUT2D eigenvalue weighted by Gasteiger charge is 2.17. The van der Waals surface area contributed by atoms with E-state index >= 15 is 0 Å². The first-order valence-corrected chi connectivity index (χ1v) is 18.5. The van der Waals surface area contributed by atoms with E-state index in [0.717, 1.165) is 70.9 Å². The molecule has 0 fully saturated rings. The lowest BCUT2D eigenvalue weighted by atomic mass is 9.95. The van der Waals surface area contributed by atoms with Crippen LogP contribution in [0, 0.1) is 0 Å². The number of para-hydroxylation sites is 1. The van der Waals surface area contributed by atoms with E-state index in [-0.39, 0.29) is 0 Å². The maximum atomic E-state index is 6.21. The zero-order chi connectivity index (χ0) is 36.3. The minimum absolute atomic E-state index is 0.619. The van der Waals surface area contributed by atoms with Gasteiger partial charge in [0.2, 0.25) is 0 Å². The van der Waals surface area contributed by atoms with E-state index in [4.69, 9.17) is 19.4 Å². The largest absolute Gasteiger partial charge is 0.456 e. The monoisotopic (exact) mass is 701 g/mol. The number of hydrogen-bond acceptors (Lipinski definition) is 4. The molecule has 4 heteroatoms. The Kier molecular flexibility index (Phi) is 7.14. The fourth-order valence-electron chi connectivity index (χ4n) is 7.93. The van der Waals surface area contributed by atoms with Gasteiger partial charge in [0.05, 0.1) is 0 Å². The Morgan fingerprint density at radius 3 is 1.56 bits per heavy atom. The van der Waals surface area contributed by atoms with E-state index in [1.807, 2.05) is 18.2 Å². The van der Waals surface area contributed by atoms with E-state index < -0.39 is 0 Å². The number of benzene rings is 9. The molecule has 11 rings (SSSR count). The summed E-state index contributed by atoms with van der Waals surface area (Å²) in [6.07, 6.45) is 0. The van der Waals surface area contributed by atoms with Gasteiger partial charge in [0.25, 0.3) is 0 Å². The van der Waals surface area contributed by atoms with Gasteiger partial charge in [-0.2, -0.15) is 0 Å². The van der Waals surface area contributed by atoms with Crippen LogP contribution in [-0.4, -0.2) is 15.0 Å². The molecule has 9 aromatic carbocycles. The van der Waals surface area contributed by atoms with Crippen LogP contribution in [0.15, 0.2) is 192 Å². The summed E-state index contributed by atoms with van der Waals surface area (Å²) in [5.41, 5.74) is 9.27. The number of nitrogens with zero attached hydrogens (tertiary/aromatic N) is 3. The van der Waals surface area contributed by atoms with Gasteiger partial charge in [-0.1, -0.05) is 152 Å². The van der Waals surface area contributed by atoms with Crippen LogP contribution in [-0.2, 0) is 0 Å². The number of fused-ring (bicyclic) bond motifs is 6. The van der Waals surface area contributed by atoms with Crippen molar-refractivity contribution in [1.29, 1.82) is 0 Å². The lowest BCUT2D eigenvalue weighted by Crippen LogP contribution is -2.01. The molecule has 4 nitrogen and oxygen atoms in total. The first-order chi connectivity index (χ1) is 27.2. The lowest BCUT2D eigenvalue weighted by molar-refractivity contribution is 0.669. The van der Waals surface area contributed by atoms with E-state index in [0.29, 0.717) is 17.5 Å². The van der Waals surface area contributed by atoms with Crippen LogP contribution in [0.1, 0.15) is 0 Å². The Hall–Kier alpha value is -7.43. The molecule has 0 N–H and O–H groups in total. The van der Waals surface area contributed by atoms with Gasteiger partial charge in [-0.05, 0) is 91.0 Å². The first kappa shape index (κ1) is 31.1. The van der Waals surface area contributed by atoms with Crippen molar-refractivity contribution in [3.63, 3.8) is 0 Å². The zero-order valence-electron chi connectivity index (χ0n) is 29.6. The van der Waals surface area contributed by atoms with Gasteiger partial charge in [0.15, 0.2) is 17.5 Å². The molecule has 0 spiro atoms. The van der Waals surface area contributed by atoms with E-state index in [1.54, 1.807) is 0 Å². The van der Waals surface area contributed by atoms with Crippen molar-refractivity contribution in [2.75, 3.05) is 0 Å². The Morgan fingerprint density at radius 2 is 0.818 bits per heavy atom. The predicted octanol–water partition coefficient (Wildman–Crippen LogP) is 13.6. The minimum atomic E-state index is 0.619. The molecule has 0 radical (unpaired) electrons. The van der Waals surface area contributed by atoms with Crippen molar-refractivity contribution in [3.05, 3.63) is 188 Å². The maximum absolute atomic E-state index is 6.21. The van der Waals surface area contributed by atoms with E-state index in [2.05, 4.69) is 170 Å². The second kappa shape index (κ2) is 12.6. The summed E-state index contributed by atoms with van der Waals surface area (Å²) < 4.78 is 6.21. The molecule has 0 saturated heterocycles. The Bertz CT molecular complexity index is 3260. The highest BCUT2D eigenvalue weighted by atomic mass is 16.3. The van der Waals surface area contributed by atoms with Crippen LogP contribution in [0.2, 0.25) is 0 Å². The highest BCUT2D eigenvalue weighted by molar-refractivity contribution is 6.10. The molecule has 11 aromatic rings. The summed E-state index contributed by atoms with van der Waals surface area (Å²) in [7, 11) is 0. The van der Waals surface area contributed by atoms with Gasteiger partial charge in [0, 0.05) is 27.5 Å². The van der Waals surface area contributed by atoms with Crippen molar-refractivity contribution < 1.29 is 4.42 Å². The second-order valence-corrected chi connectivity index (χ2v) is 14.0. The van der Waals surface area contributed by atoms with Gasteiger partial charge in [-0.3, -0.25) is 0 Å². The molecule has 0 atom stereocenters. The van der Waals surface area contributed by atoms with Gasteiger partial charge in [-0.15, -0.1) is 0 Å². The average molecular weight is 702 g/mol. The van der Waals surface area contributed by atoms with Crippen LogP contribution in [0.4, 0.5) is 0 Å². The molecule has 0 saturated carbocycles. The van der Waals surface area contributed by atoms with Crippen LogP contribution in [0.5, 0.6) is 0 Å². The third-order valence-electron chi connectivity index (χ3n) is 10.7. The molecule has 0 aliphatic rings. The average Bonchev–Trinajstić information content (AvgIpc) is 3.62. The Labute approximate surface area is 317 Å². The minimum Gasteiger partial charge on any atom is -0.456 e. The van der Waals surface area contributed by atoms with Crippen LogP contribution in [0.25, 0.3) is 111 Å². The van der Waals surface area contributed by atoms with Crippen molar-refractivity contribution in [1.82, 2.24) is 15.0 Å². The summed E-state index contributed by atoms with van der Waals surface area (Å²) >= 11 is 0. The molecular weight excluding hydrogens is 671 g/mol. The first-order valence-electron chi connectivity index (χ1n) is 18.5. The SMILES string of the molecule is c1ccc(-c2ccc3ccc(-c4nc(-c5ccc6cc7oc8ccccc8c7cc6c5)nc(-c5cccc6c(-c7ccccc7)cccc56)n4)cc3c2)cc1. The summed E-state index contributed by atoms with van der Waals surface area (Å²) in [6.45, 7) is 0. The summed E-state index contributed by atoms with van der Waals surface area (Å²) in [4.78, 5) is 15.7. The molecule has 0 amide bonds. The topological polar surface area (TPSA) is 51.8 Å². The van der Waals surface area contributed by atoms with Crippen molar-refractivity contribution >= 4 is 54.3 Å². The van der Waals surface area contributed by atoms with E-state index in [1.165, 1.54) is 22.3 Å². The fourth-order valence-corrected chi connectivity index (χ4v) is 7.93. The molecule has 55 heavy (non-hydrogen) atoms. The summed E-state index contributed by atoms with van der Waals surface area (Å²) in [5, 5.41) is 8.91. The van der Waals surface area contributed by atoms with Crippen LogP contribution < -0.4 is 0 Å². The molecule has 0 unspecified atom stereocenters. The van der Waals surface area contributed by atoms with Crippen molar-refractivity contribution in [2.24, 2.45) is 0 Å². The van der Waals surface area contributed by atoms with Crippen LogP contribution in [0.3, 0.4) is 0 Å². The third-order valence-corrected chi connectivity index (χ3v) is 10.7. The van der Waals surface area contributed by atoms with Gasteiger partial charge < -0.3 is 4.42 Å². The van der Waals surface area contributed by atoms with E-state index in [9.17, 15) is 0 Å².